The molecular formula is C21H22ClN7O. The fourth-order valence-electron chi connectivity index (χ4n) is 5.12. The number of aryl methyl sites for hydroxylation is 1. The summed E-state index contributed by atoms with van der Waals surface area (Å²) in [5.74, 6) is 1.66. The maximum atomic E-state index is 13.4. The lowest BCUT2D eigenvalue weighted by Crippen LogP contribution is -2.62. The predicted molar refractivity (Wildman–Crippen MR) is 118 cm³/mol. The van der Waals surface area contributed by atoms with Crippen LogP contribution in [-0.2, 0) is 14.1 Å². The van der Waals surface area contributed by atoms with Crippen molar-refractivity contribution in [3.05, 3.63) is 39.9 Å². The van der Waals surface area contributed by atoms with E-state index >= 15 is 0 Å². The second-order valence-electron chi connectivity index (χ2n) is 8.60. The van der Waals surface area contributed by atoms with E-state index in [4.69, 9.17) is 22.3 Å². The van der Waals surface area contributed by atoms with E-state index in [-0.39, 0.29) is 11.6 Å². The topological polar surface area (TPSA) is 97.8 Å². The van der Waals surface area contributed by atoms with Gasteiger partial charge in [0.2, 0.25) is 5.95 Å². The highest BCUT2D eigenvalue weighted by Crippen LogP contribution is 2.40. The predicted octanol–water partition coefficient (Wildman–Crippen LogP) is 2.25. The van der Waals surface area contributed by atoms with Crippen LogP contribution in [0.2, 0.25) is 5.02 Å². The third-order valence-corrected chi connectivity index (χ3v) is 7.21. The van der Waals surface area contributed by atoms with Crippen LogP contribution in [0.5, 0.6) is 0 Å². The molecule has 0 radical (unpaired) electrons. The molecule has 9 heteroatoms. The number of nitrogens with two attached hydrogens (primary N) is 1. The second-order valence-corrected chi connectivity index (χ2v) is 8.98. The van der Waals surface area contributed by atoms with Crippen molar-refractivity contribution in [2.24, 2.45) is 31.7 Å². The highest BCUT2D eigenvalue weighted by atomic mass is 35.5. The molecular weight excluding hydrogens is 402 g/mol. The third-order valence-electron chi connectivity index (χ3n) is 6.80. The van der Waals surface area contributed by atoms with Gasteiger partial charge in [0.05, 0.1) is 15.9 Å². The lowest BCUT2D eigenvalue weighted by molar-refractivity contribution is 0.114. The molecule has 3 fully saturated rings. The van der Waals surface area contributed by atoms with E-state index in [9.17, 15) is 4.79 Å². The van der Waals surface area contributed by atoms with Gasteiger partial charge in [-0.05, 0) is 24.3 Å². The zero-order chi connectivity index (χ0) is 20.7. The molecule has 1 aliphatic carbocycles. The van der Waals surface area contributed by atoms with Crippen LogP contribution in [0.15, 0.2) is 29.3 Å². The first-order chi connectivity index (χ1) is 14.4. The minimum absolute atomic E-state index is 0.0860. The number of aromatic amines is 1. The Morgan fingerprint density at radius 3 is 2.70 bits per heavy atom. The maximum absolute atomic E-state index is 13.4. The Morgan fingerprint density at radius 1 is 1.20 bits per heavy atom. The monoisotopic (exact) mass is 423 g/mol. The number of hydrogen-bond acceptors (Lipinski definition) is 5. The van der Waals surface area contributed by atoms with E-state index in [0.29, 0.717) is 33.8 Å². The molecule has 3 aromatic heterocycles. The number of H-pyrrole nitrogens is 1. The first kappa shape index (κ1) is 18.0. The average Bonchev–Trinajstić information content (AvgIpc) is 3.34. The minimum atomic E-state index is -0.0860. The normalized spacial score (nSPS) is 23.3. The van der Waals surface area contributed by atoms with Gasteiger partial charge in [-0.1, -0.05) is 17.7 Å². The highest BCUT2D eigenvalue weighted by Gasteiger charge is 2.45. The number of rotatable bonds is 2. The molecule has 4 aromatic rings. The highest BCUT2D eigenvalue weighted by molar-refractivity contribution is 6.38. The van der Waals surface area contributed by atoms with Gasteiger partial charge in [-0.25, -0.2) is 0 Å². The average molecular weight is 424 g/mol. The molecule has 8 nitrogen and oxygen atoms in total. The van der Waals surface area contributed by atoms with Crippen LogP contribution in [0.25, 0.3) is 33.1 Å². The van der Waals surface area contributed by atoms with E-state index in [1.807, 2.05) is 31.6 Å². The van der Waals surface area contributed by atoms with E-state index in [1.165, 1.54) is 6.42 Å². The quantitative estimate of drug-likeness (QED) is 0.515. The van der Waals surface area contributed by atoms with Gasteiger partial charge in [-0.3, -0.25) is 14.0 Å². The van der Waals surface area contributed by atoms with E-state index in [0.717, 1.165) is 35.1 Å². The van der Waals surface area contributed by atoms with Gasteiger partial charge < -0.3 is 15.6 Å². The number of anilines is 1. The van der Waals surface area contributed by atoms with E-state index < -0.39 is 0 Å². The smallest absolute Gasteiger partial charge is 0.264 e. The maximum Gasteiger partial charge on any atom is 0.264 e. The summed E-state index contributed by atoms with van der Waals surface area (Å²) in [5, 5.41) is 6.39. The largest absolute Gasteiger partial charge is 0.345 e. The summed E-state index contributed by atoms with van der Waals surface area (Å²) < 4.78 is 3.38. The number of benzene rings is 1. The van der Waals surface area contributed by atoms with Crippen molar-refractivity contribution < 1.29 is 0 Å². The van der Waals surface area contributed by atoms with Crippen molar-refractivity contribution in [3.63, 3.8) is 0 Å². The molecule has 1 saturated carbocycles. The molecule has 0 spiro atoms. The molecule has 5 heterocycles. The molecule has 2 bridgehead atoms. The number of aromatic nitrogens is 5. The van der Waals surface area contributed by atoms with Crippen LogP contribution in [0.4, 0.5) is 5.95 Å². The summed E-state index contributed by atoms with van der Waals surface area (Å²) in [7, 11) is 3.65. The number of hydrogen-bond donors (Lipinski definition) is 2. The SMILES string of the molecule is Cn1cc2c(Cl)c(-c3c[nH]c4nc(N5C[C@H]6C[C@@H](C5)[C@@H]6N)n(C)c(=O)c34)ccc2n1. The fraction of sp³-hybridized carbons (Fsp3) is 0.381. The molecule has 7 rings (SSSR count). The fourth-order valence-corrected chi connectivity index (χ4v) is 5.43. The van der Waals surface area contributed by atoms with Crippen molar-refractivity contribution in [1.82, 2.24) is 24.3 Å². The molecule has 0 unspecified atom stereocenters. The summed E-state index contributed by atoms with van der Waals surface area (Å²) in [6.07, 6.45) is 4.88. The number of fused-ring (bicyclic) bond motifs is 4. The molecule has 3 atom stereocenters. The molecule has 3 aliphatic rings. The van der Waals surface area contributed by atoms with Gasteiger partial charge in [-0.2, -0.15) is 10.1 Å². The Labute approximate surface area is 177 Å². The van der Waals surface area contributed by atoms with Gasteiger partial charge >= 0.3 is 0 Å². The van der Waals surface area contributed by atoms with Gasteiger partial charge in [0.25, 0.3) is 5.56 Å². The van der Waals surface area contributed by atoms with Crippen LogP contribution in [0.3, 0.4) is 0 Å². The van der Waals surface area contributed by atoms with Crippen LogP contribution < -0.4 is 16.2 Å². The van der Waals surface area contributed by atoms with Crippen molar-refractivity contribution in [1.29, 1.82) is 0 Å². The first-order valence-corrected chi connectivity index (χ1v) is 10.5. The molecule has 154 valence electrons. The summed E-state index contributed by atoms with van der Waals surface area (Å²) in [4.78, 5) is 23.6. The van der Waals surface area contributed by atoms with Gasteiger partial charge in [0, 0.05) is 62.1 Å². The number of piperidine rings is 2. The van der Waals surface area contributed by atoms with Crippen LogP contribution in [0.1, 0.15) is 6.42 Å². The Bertz CT molecular complexity index is 1370. The first-order valence-electron chi connectivity index (χ1n) is 10.1. The Morgan fingerprint density at radius 2 is 1.97 bits per heavy atom. The van der Waals surface area contributed by atoms with Gasteiger partial charge in [-0.15, -0.1) is 0 Å². The molecule has 0 amide bonds. The van der Waals surface area contributed by atoms with E-state index in [2.05, 4.69) is 15.0 Å². The number of nitrogens with zero attached hydrogens (tertiary/aromatic N) is 5. The summed E-state index contributed by atoms with van der Waals surface area (Å²) in [5.41, 5.74) is 9.07. The van der Waals surface area contributed by atoms with Crippen LogP contribution >= 0.6 is 11.6 Å². The zero-order valence-electron chi connectivity index (χ0n) is 16.8. The number of halogens is 1. The molecule has 30 heavy (non-hydrogen) atoms. The van der Waals surface area contributed by atoms with Crippen molar-refractivity contribution in [3.8, 4) is 11.1 Å². The minimum Gasteiger partial charge on any atom is -0.345 e. The van der Waals surface area contributed by atoms with Crippen LogP contribution in [-0.4, -0.2) is 43.4 Å². The Balaban J connectivity index is 1.49. The van der Waals surface area contributed by atoms with Crippen molar-refractivity contribution >= 4 is 39.5 Å². The van der Waals surface area contributed by atoms with Crippen molar-refractivity contribution in [2.75, 3.05) is 18.0 Å². The molecule has 3 N–H and O–H groups in total. The molecule has 2 aliphatic heterocycles. The standard InChI is InChI=1S/C21H22ClN7O/c1-27-9-14-15(26-27)4-3-12(17(14)22)13-6-24-19-16(13)20(30)28(2)21(25-19)29-7-10-5-11(8-29)18(10)23/h3-4,6,9-11,18,24H,5,7-8,23H2,1-2H3/t10-,11+,18-. The van der Waals surface area contributed by atoms with Gasteiger partial charge in [0.15, 0.2) is 0 Å². The zero-order valence-corrected chi connectivity index (χ0v) is 17.5. The number of nitrogens with one attached hydrogen (secondary N) is 1. The third kappa shape index (κ3) is 2.34. The van der Waals surface area contributed by atoms with Gasteiger partial charge in [0.1, 0.15) is 5.65 Å². The summed E-state index contributed by atoms with van der Waals surface area (Å²) in [6.45, 7) is 1.70. The molecule has 2 saturated heterocycles. The molecule has 1 aromatic carbocycles. The Hall–Kier alpha value is -2.84. The summed E-state index contributed by atoms with van der Waals surface area (Å²) in [6, 6.07) is 4.11. The van der Waals surface area contributed by atoms with Crippen molar-refractivity contribution in [2.45, 2.75) is 12.5 Å². The summed E-state index contributed by atoms with van der Waals surface area (Å²) >= 11 is 6.71. The van der Waals surface area contributed by atoms with Crippen LogP contribution in [0, 0.1) is 11.8 Å². The lowest BCUT2D eigenvalue weighted by Gasteiger charge is -2.52. The second kappa shape index (κ2) is 6.09. The lowest BCUT2D eigenvalue weighted by atomic mass is 9.67. The Kier molecular flexibility index (Phi) is 3.65. The van der Waals surface area contributed by atoms with E-state index in [1.54, 1.807) is 16.3 Å².